The molecule has 1 N–H and O–H groups in total. The largest absolute Gasteiger partial charge is 0.494 e. The fraction of sp³-hybridized carbons (Fsp3) is 0.562. The number of rotatable bonds is 6. The van der Waals surface area contributed by atoms with E-state index in [1.54, 1.807) is 12.1 Å². The van der Waals surface area contributed by atoms with Gasteiger partial charge in [0.2, 0.25) is 0 Å². The van der Waals surface area contributed by atoms with Gasteiger partial charge in [0.25, 0.3) is 0 Å². The molecule has 4 nitrogen and oxygen atoms in total. The summed E-state index contributed by atoms with van der Waals surface area (Å²) in [4.78, 5) is 2.36. The first-order valence-electron chi connectivity index (χ1n) is 7.31. The van der Waals surface area contributed by atoms with Crippen molar-refractivity contribution in [2.24, 2.45) is 0 Å². The first kappa shape index (κ1) is 14.8. The minimum absolute atomic E-state index is 0.255. The summed E-state index contributed by atoms with van der Waals surface area (Å²) < 4.78 is 5.67. The lowest BCUT2D eigenvalue weighted by Crippen LogP contribution is -2.42. The maximum atomic E-state index is 9.35. The maximum Gasteiger partial charge on any atom is 0.120 e. The molecule has 1 aliphatic rings. The summed E-state index contributed by atoms with van der Waals surface area (Å²) in [6.45, 7) is 2.94. The summed E-state index contributed by atoms with van der Waals surface area (Å²) in [5.74, 6) is 0.751. The fourth-order valence-electron chi connectivity index (χ4n) is 2.67. The van der Waals surface area contributed by atoms with E-state index in [4.69, 9.17) is 10.00 Å². The third-order valence-corrected chi connectivity index (χ3v) is 3.78. The van der Waals surface area contributed by atoms with Gasteiger partial charge in [-0.05, 0) is 44.0 Å². The standard InChI is InChI=1S/C16H22N2O2/c17-12-14-5-3-7-16(11-14)20-10-4-9-18-8-2-1-6-15(18)13-19/h3,5,7,11,15,19H,1-2,4,6,8-10,13H2. The van der Waals surface area contributed by atoms with Crippen molar-refractivity contribution in [3.63, 3.8) is 0 Å². The molecule has 1 heterocycles. The number of likely N-dealkylation sites (tertiary alicyclic amines) is 1. The highest BCUT2D eigenvalue weighted by molar-refractivity contribution is 5.36. The Kier molecular flexibility index (Phi) is 5.85. The van der Waals surface area contributed by atoms with E-state index in [0.29, 0.717) is 18.2 Å². The second kappa shape index (κ2) is 7.88. The number of aliphatic hydroxyl groups excluding tert-OH is 1. The van der Waals surface area contributed by atoms with Crippen molar-refractivity contribution in [2.75, 3.05) is 26.3 Å². The molecule has 4 heteroatoms. The molecule has 0 aromatic heterocycles. The Labute approximate surface area is 120 Å². The van der Waals surface area contributed by atoms with Crippen molar-refractivity contribution in [1.82, 2.24) is 4.90 Å². The van der Waals surface area contributed by atoms with E-state index in [1.165, 1.54) is 12.8 Å². The molecule has 1 aromatic rings. The Hall–Kier alpha value is -1.57. The van der Waals surface area contributed by atoms with Crippen molar-refractivity contribution >= 4 is 0 Å². The third-order valence-electron chi connectivity index (χ3n) is 3.78. The molecule has 1 atom stereocenters. The minimum atomic E-state index is 0.255. The van der Waals surface area contributed by atoms with Crippen LogP contribution in [0.15, 0.2) is 24.3 Å². The van der Waals surface area contributed by atoms with Gasteiger partial charge in [-0.3, -0.25) is 4.90 Å². The molecule has 108 valence electrons. The molecule has 1 aliphatic heterocycles. The van der Waals surface area contributed by atoms with Crippen LogP contribution in [0.3, 0.4) is 0 Å². The number of piperidine rings is 1. The van der Waals surface area contributed by atoms with Crippen LogP contribution in [0, 0.1) is 11.3 Å². The zero-order valence-corrected chi connectivity index (χ0v) is 11.8. The smallest absolute Gasteiger partial charge is 0.120 e. The Balaban J connectivity index is 1.71. The summed E-state index contributed by atoms with van der Waals surface area (Å²) in [6.07, 6.45) is 4.48. The third kappa shape index (κ3) is 4.22. The molecule has 20 heavy (non-hydrogen) atoms. The van der Waals surface area contributed by atoms with Crippen LogP contribution in [0.4, 0.5) is 0 Å². The predicted octanol–water partition coefficient (Wildman–Crippen LogP) is 2.17. The Morgan fingerprint density at radius 2 is 2.30 bits per heavy atom. The van der Waals surface area contributed by atoms with Crippen LogP contribution in [0.25, 0.3) is 0 Å². The van der Waals surface area contributed by atoms with Gasteiger partial charge in [-0.2, -0.15) is 5.26 Å². The predicted molar refractivity (Wildman–Crippen MR) is 77.6 cm³/mol. The van der Waals surface area contributed by atoms with Crippen LogP contribution in [0.5, 0.6) is 5.75 Å². The van der Waals surface area contributed by atoms with Gasteiger partial charge in [-0.1, -0.05) is 12.5 Å². The van der Waals surface area contributed by atoms with Gasteiger partial charge in [0.05, 0.1) is 24.8 Å². The molecule has 2 rings (SSSR count). The van der Waals surface area contributed by atoms with E-state index in [2.05, 4.69) is 11.0 Å². The minimum Gasteiger partial charge on any atom is -0.494 e. The van der Waals surface area contributed by atoms with Crippen molar-refractivity contribution in [1.29, 1.82) is 5.26 Å². The van der Waals surface area contributed by atoms with Gasteiger partial charge >= 0.3 is 0 Å². The van der Waals surface area contributed by atoms with Crippen LogP contribution >= 0.6 is 0 Å². The number of benzene rings is 1. The van der Waals surface area contributed by atoms with E-state index < -0.39 is 0 Å². The molecule has 0 spiro atoms. The quantitative estimate of drug-likeness (QED) is 0.808. The summed E-state index contributed by atoms with van der Waals surface area (Å²) in [7, 11) is 0. The number of nitriles is 1. The van der Waals surface area contributed by atoms with E-state index >= 15 is 0 Å². The van der Waals surface area contributed by atoms with Gasteiger partial charge in [-0.25, -0.2) is 0 Å². The van der Waals surface area contributed by atoms with Crippen molar-refractivity contribution in [2.45, 2.75) is 31.7 Å². The second-order valence-corrected chi connectivity index (χ2v) is 5.21. The molecule has 0 aliphatic carbocycles. The zero-order valence-electron chi connectivity index (χ0n) is 11.8. The number of ether oxygens (including phenoxy) is 1. The maximum absolute atomic E-state index is 9.35. The molecule has 0 saturated carbocycles. The van der Waals surface area contributed by atoms with Gasteiger partial charge in [0.1, 0.15) is 5.75 Å². The molecular formula is C16H22N2O2. The molecule has 0 amide bonds. The van der Waals surface area contributed by atoms with Crippen molar-refractivity contribution in [3.05, 3.63) is 29.8 Å². The van der Waals surface area contributed by atoms with E-state index in [1.807, 2.05) is 12.1 Å². The topological polar surface area (TPSA) is 56.5 Å². The summed E-state index contributed by atoms with van der Waals surface area (Å²) in [5, 5.41) is 18.2. The molecule has 1 saturated heterocycles. The number of hydrogen-bond donors (Lipinski definition) is 1. The molecule has 1 unspecified atom stereocenters. The summed E-state index contributed by atoms with van der Waals surface area (Å²) >= 11 is 0. The monoisotopic (exact) mass is 274 g/mol. The van der Waals surface area contributed by atoms with Crippen LogP contribution in [0.2, 0.25) is 0 Å². The molecular weight excluding hydrogens is 252 g/mol. The van der Waals surface area contributed by atoms with E-state index in [0.717, 1.165) is 31.7 Å². The van der Waals surface area contributed by atoms with Crippen LogP contribution < -0.4 is 4.74 Å². The lowest BCUT2D eigenvalue weighted by Gasteiger charge is -2.34. The highest BCUT2D eigenvalue weighted by Crippen LogP contribution is 2.17. The first-order chi connectivity index (χ1) is 9.83. The second-order valence-electron chi connectivity index (χ2n) is 5.21. The van der Waals surface area contributed by atoms with Gasteiger partial charge in [0.15, 0.2) is 0 Å². The Morgan fingerprint density at radius 3 is 3.10 bits per heavy atom. The molecule has 0 bridgehead atoms. The molecule has 0 radical (unpaired) electrons. The summed E-state index contributed by atoms with van der Waals surface area (Å²) in [6, 6.07) is 9.67. The number of nitrogens with zero attached hydrogens (tertiary/aromatic N) is 2. The fourth-order valence-corrected chi connectivity index (χ4v) is 2.67. The van der Waals surface area contributed by atoms with Crippen molar-refractivity contribution in [3.8, 4) is 11.8 Å². The SMILES string of the molecule is N#Cc1cccc(OCCCN2CCCCC2CO)c1. The van der Waals surface area contributed by atoms with Crippen LogP contribution in [0.1, 0.15) is 31.2 Å². The molecule has 1 fully saturated rings. The Bertz CT molecular complexity index is 456. The van der Waals surface area contributed by atoms with Gasteiger partial charge in [0, 0.05) is 12.6 Å². The average Bonchev–Trinajstić information content (AvgIpc) is 2.52. The number of hydrogen-bond acceptors (Lipinski definition) is 4. The lowest BCUT2D eigenvalue weighted by atomic mass is 10.0. The van der Waals surface area contributed by atoms with E-state index in [9.17, 15) is 5.11 Å². The Morgan fingerprint density at radius 1 is 1.40 bits per heavy atom. The zero-order chi connectivity index (χ0) is 14.2. The first-order valence-corrected chi connectivity index (χ1v) is 7.31. The summed E-state index contributed by atoms with van der Waals surface area (Å²) in [5.41, 5.74) is 0.624. The lowest BCUT2D eigenvalue weighted by molar-refractivity contribution is 0.0851. The highest BCUT2D eigenvalue weighted by atomic mass is 16.5. The van der Waals surface area contributed by atoms with E-state index in [-0.39, 0.29) is 6.61 Å². The van der Waals surface area contributed by atoms with Crippen LogP contribution in [-0.4, -0.2) is 42.4 Å². The van der Waals surface area contributed by atoms with Gasteiger partial charge in [-0.15, -0.1) is 0 Å². The molecule has 1 aromatic carbocycles. The average molecular weight is 274 g/mol. The van der Waals surface area contributed by atoms with Gasteiger partial charge < -0.3 is 9.84 Å². The highest BCUT2D eigenvalue weighted by Gasteiger charge is 2.20. The normalized spacial score (nSPS) is 19.5. The van der Waals surface area contributed by atoms with Crippen LogP contribution in [-0.2, 0) is 0 Å². The van der Waals surface area contributed by atoms with Crippen molar-refractivity contribution < 1.29 is 9.84 Å². The number of aliphatic hydroxyl groups is 1.